The fourth-order valence-electron chi connectivity index (χ4n) is 5.35. The summed E-state index contributed by atoms with van der Waals surface area (Å²) in [7, 11) is -3.48. The smallest absolute Gasteiger partial charge is 0.252 e. The Hall–Kier alpha value is -1.49. The van der Waals surface area contributed by atoms with Crippen LogP contribution in [0.4, 0.5) is 5.69 Å². The Morgan fingerprint density at radius 2 is 1.91 bits per heavy atom. The molecule has 0 amide bonds. The fourth-order valence-corrected chi connectivity index (χ4v) is 7.96. The number of likely N-dealkylation sites (tertiary alicyclic amines) is 1. The van der Waals surface area contributed by atoms with E-state index < -0.39 is 15.6 Å². The lowest BCUT2D eigenvalue weighted by molar-refractivity contribution is 0.0786. The molecule has 9 heteroatoms. The van der Waals surface area contributed by atoms with Gasteiger partial charge in [-0.15, -0.1) is 11.3 Å². The molecule has 3 atom stereocenters. The Balaban J connectivity index is 1.38. The van der Waals surface area contributed by atoms with Gasteiger partial charge in [0.1, 0.15) is 4.21 Å². The van der Waals surface area contributed by atoms with E-state index in [0.29, 0.717) is 35.9 Å². The van der Waals surface area contributed by atoms with Gasteiger partial charge in [0.2, 0.25) is 0 Å². The van der Waals surface area contributed by atoms with E-state index in [4.69, 9.17) is 4.74 Å². The molecule has 180 valence electrons. The Labute approximate surface area is 200 Å². The van der Waals surface area contributed by atoms with E-state index in [-0.39, 0.29) is 6.04 Å². The number of rotatable bonds is 6. The van der Waals surface area contributed by atoms with E-state index in [1.807, 2.05) is 29.6 Å². The number of sulfonamides is 1. The maximum Gasteiger partial charge on any atom is 0.252 e. The monoisotopic (exact) mass is 491 g/mol. The molecule has 3 saturated heterocycles. The number of fused-ring (bicyclic) bond motifs is 1. The molecule has 1 aromatic heterocycles. The molecule has 3 aliphatic heterocycles. The molecule has 7 nitrogen and oxygen atoms in total. The largest absolute Gasteiger partial charge is 0.386 e. The average molecular weight is 492 g/mol. The van der Waals surface area contributed by atoms with E-state index >= 15 is 0 Å². The predicted molar refractivity (Wildman–Crippen MR) is 130 cm³/mol. The molecular formula is C24H33N3O4S2. The normalized spacial score (nSPS) is 27.2. The van der Waals surface area contributed by atoms with Crippen LogP contribution < -0.4 is 4.90 Å². The van der Waals surface area contributed by atoms with Crippen molar-refractivity contribution < 1.29 is 18.3 Å². The third-order valence-corrected chi connectivity index (χ3v) is 10.4. The van der Waals surface area contributed by atoms with Crippen LogP contribution >= 0.6 is 11.3 Å². The van der Waals surface area contributed by atoms with Crippen LogP contribution in [0.15, 0.2) is 46.0 Å². The second-order valence-corrected chi connectivity index (χ2v) is 13.0. The van der Waals surface area contributed by atoms with Gasteiger partial charge in [0.25, 0.3) is 10.0 Å². The molecule has 3 fully saturated rings. The van der Waals surface area contributed by atoms with Gasteiger partial charge in [0, 0.05) is 57.5 Å². The van der Waals surface area contributed by atoms with Crippen LogP contribution in [0.2, 0.25) is 0 Å². The van der Waals surface area contributed by atoms with E-state index in [1.165, 1.54) is 11.3 Å². The van der Waals surface area contributed by atoms with Gasteiger partial charge in [-0.3, -0.25) is 4.90 Å². The predicted octanol–water partition coefficient (Wildman–Crippen LogP) is 2.58. The summed E-state index contributed by atoms with van der Waals surface area (Å²) in [5, 5.41) is 12.1. The molecule has 0 bridgehead atoms. The maximum absolute atomic E-state index is 13.2. The van der Waals surface area contributed by atoms with Crippen molar-refractivity contribution in [3.8, 4) is 0 Å². The Kier molecular flexibility index (Phi) is 6.30. The molecular weight excluding hydrogens is 458 g/mol. The van der Waals surface area contributed by atoms with Crippen molar-refractivity contribution in [3.05, 3.63) is 47.3 Å². The van der Waals surface area contributed by atoms with Crippen LogP contribution in [-0.2, 0) is 20.4 Å². The van der Waals surface area contributed by atoms with Gasteiger partial charge in [-0.1, -0.05) is 18.2 Å². The van der Waals surface area contributed by atoms with Gasteiger partial charge in [0.05, 0.1) is 17.7 Å². The first-order chi connectivity index (χ1) is 15.7. The van der Waals surface area contributed by atoms with Crippen molar-refractivity contribution in [1.29, 1.82) is 0 Å². The summed E-state index contributed by atoms with van der Waals surface area (Å²) in [5.41, 5.74) is 1.04. The van der Waals surface area contributed by atoms with Crippen molar-refractivity contribution >= 4 is 27.0 Å². The standard InChI is InChI=1S/C24H33N3O4S2/c1-24(2,28)19-5-7-20(8-6-19)27-11-10-26(33(29,30)23-4-3-13-32-23)16-21(27)15-25-14-18-9-12-31-22(18)17-25/h3-8,13,18,21-22,28H,9-12,14-17H2,1-2H3/t18-,21+,22+/m1/s1. The quantitative estimate of drug-likeness (QED) is 0.670. The third kappa shape index (κ3) is 4.72. The number of hydrogen-bond acceptors (Lipinski definition) is 7. The second kappa shape index (κ2) is 8.94. The van der Waals surface area contributed by atoms with Crippen LogP contribution in [0, 0.1) is 5.92 Å². The second-order valence-electron chi connectivity index (χ2n) is 9.92. The summed E-state index contributed by atoms with van der Waals surface area (Å²) >= 11 is 1.28. The Morgan fingerprint density at radius 3 is 2.58 bits per heavy atom. The van der Waals surface area contributed by atoms with Gasteiger partial charge in [-0.05, 0) is 49.4 Å². The molecule has 0 saturated carbocycles. The lowest BCUT2D eigenvalue weighted by Crippen LogP contribution is -2.58. The molecule has 2 aromatic rings. The summed E-state index contributed by atoms with van der Waals surface area (Å²) < 4.78 is 34.4. The van der Waals surface area contributed by atoms with E-state index in [2.05, 4.69) is 9.80 Å². The van der Waals surface area contributed by atoms with Crippen molar-refractivity contribution in [1.82, 2.24) is 9.21 Å². The summed E-state index contributed by atoms with van der Waals surface area (Å²) in [4.78, 5) is 4.78. The minimum absolute atomic E-state index is 0.0419. The van der Waals surface area contributed by atoms with Crippen LogP contribution in [0.3, 0.4) is 0 Å². The highest BCUT2D eigenvalue weighted by Gasteiger charge is 2.41. The van der Waals surface area contributed by atoms with Gasteiger partial charge in [0.15, 0.2) is 0 Å². The minimum atomic E-state index is -3.48. The Morgan fingerprint density at radius 1 is 1.12 bits per heavy atom. The molecule has 0 spiro atoms. The van der Waals surface area contributed by atoms with E-state index in [0.717, 1.165) is 43.9 Å². The molecule has 0 aliphatic carbocycles. The summed E-state index contributed by atoms with van der Waals surface area (Å²) in [6.45, 7) is 8.72. The lowest BCUT2D eigenvalue weighted by Gasteiger charge is -2.43. The number of benzene rings is 1. The van der Waals surface area contributed by atoms with Crippen LogP contribution in [0.5, 0.6) is 0 Å². The zero-order valence-corrected chi connectivity index (χ0v) is 20.9. The first-order valence-corrected chi connectivity index (χ1v) is 14.0. The summed E-state index contributed by atoms with van der Waals surface area (Å²) in [5.74, 6) is 0.596. The zero-order chi connectivity index (χ0) is 23.2. The Bertz CT molecular complexity index is 1040. The van der Waals surface area contributed by atoms with E-state index in [9.17, 15) is 13.5 Å². The fraction of sp³-hybridized carbons (Fsp3) is 0.583. The number of hydrogen-bond donors (Lipinski definition) is 1. The number of anilines is 1. The molecule has 4 heterocycles. The highest BCUT2D eigenvalue weighted by Crippen LogP contribution is 2.32. The number of thiophene rings is 1. The highest BCUT2D eigenvalue weighted by atomic mass is 32.2. The van der Waals surface area contributed by atoms with Crippen LogP contribution in [0.25, 0.3) is 0 Å². The first kappa shape index (κ1) is 23.3. The van der Waals surface area contributed by atoms with Crippen molar-refractivity contribution in [2.45, 2.75) is 42.2 Å². The number of ether oxygens (including phenoxy) is 1. The highest BCUT2D eigenvalue weighted by molar-refractivity contribution is 7.91. The van der Waals surface area contributed by atoms with Gasteiger partial charge in [-0.2, -0.15) is 4.31 Å². The average Bonchev–Trinajstić information content (AvgIpc) is 3.51. The lowest BCUT2D eigenvalue weighted by atomic mass is 9.98. The summed E-state index contributed by atoms with van der Waals surface area (Å²) in [6, 6.07) is 11.6. The number of nitrogens with zero attached hydrogens (tertiary/aromatic N) is 3. The SMILES string of the molecule is CC(C)(O)c1ccc(N2CCN(S(=O)(=O)c3cccs3)C[C@@H]2CN2C[C@H]3CCO[C@H]3C2)cc1. The molecule has 33 heavy (non-hydrogen) atoms. The minimum Gasteiger partial charge on any atom is -0.386 e. The zero-order valence-electron chi connectivity index (χ0n) is 19.3. The maximum atomic E-state index is 13.2. The number of piperazine rings is 1. The number of aliphatic hydroxyl groups is 1. The molecule has 0 radical (unpaired) electrons. The van der Waals surface area contributed by atoms with Gasteiger partial charge >= 0.3 is 0 Å². The van der Waals surface area contributed by atoms with Crippen molar-refractivity contribution in [2.24, 2.45) is 5.92 Å². The first-order valence-electron chi connectivity index (χ1n) is 11.7. The topological polar surface area (TPSA) is 73.3 Å². The van der Waals surface area contributed by atoms with Crippen LogP contribution in [0.1, 0.15) is 25.8 Å². The third-order valence-electron chi connectivity index (χ3n) is 7.19. The van der Waals surface area contributed by atoms with Gasteiger partial charge < -0.3 is 14.7 Å². The van der Waals surface area contributed by atoms with Crippen LogP contribution in [-0.4, -0.2) is 80.8 Å². The molecule has 5 rings (SSSR count). The molecule has 1 N–H and O–H groups in total. The van der Waals surface area contributed by atoms with Gasteiger partial charge in [-0.25, -0.2) is 8.42 Å². The summed E-state index contributed by atoms with van der Waals surface area (Å²) in [6.07, 6.45) is 1.44. The molecule has 0 unspecified atom stereocenters. The molecule has 3 aliphatic rings. The molecule has 1 aromatic carbocycles. The van der Waals surface area contributed by atoms with Crippen molar-refractivity contribution in [3.63, 3.8) is 0 Å². The van der Waals surface area contributed by atoms with Crippen molar-refractivity contribution in [2.75, 3.05) is 50.8 Å². The van der Waals surface area contributed by atoms with E-state index in [1.54, 1.807) is 30.3 Å².